The van der Waals surface area contributed by atoms with Crippen LogP contribution in [0.4, 0.5) is 38.4 Å². The Hall–Kier alpha value is -3.48. The monoisotopic (exact) mass is 512 g/mol. The normalized spacial score (nSPS) is 17.9. The number of fused-ring (bicyclic) bond motifs is 1. The molecule has 1 atom stereocenters. The van der Waals surface area contributed by atoms with Gasteiger partial charge in [0.05, 0.1) is 29.6 Å². The van der Waals surface area contributed by atoms with Gasteiger partial charge in [-0.2, -0.15) is 13.2 Å². The van der Waals surface area contributed by atoms with Crippen LogP contribution in [-0.2, 0) is 10.9 Å². The molecular formula is C23H25F5N6O2. The quantitative estimate of drug-likeness (QED) is 0.327. The molecule has 13 heteroatoms. The highest BCUT2D eigenvalue weighted by molar-refractivity contribution is 6.01. The van der Waals surface area contributed by atoms with Crippen LogP contribution in [0.2, 0.25) is 0 Å². The van der Waals surface area contributed by atoms with E-state index in [1.54, 1.807) is 0 Å². The second-order valence-electron chi connectivity index (χ2n) is 9.17. The molecule has 1 fully saturated rings. The van der Waals surface area contributed by atoms with E-state index in [0.29, 0.717) is 12.7 Å². The summed E-state index contributed by atoms with van der Waals surface area (Å²) in [7, 11) is 1.08. The molecule has 1 saturated heterocycles. The molecule has 1 aromatic carbocycles. The third-order valence-corrected chi connectivity index (χ3v) is 6.16. The summed E-state index contributed by atoms with van der Waals surface area (Å²) in [6.07, 6.45) is -5.31. The molecule has 3 aromatic rings. The van der Waals surface area contributed by atoms with E-state index in [-0.39, 0.29) is 39.7 Å². The van der Waals surface area contributed by atoms with Crippen molar-refractivity contribution in [2.24, 2.45) is 0 Å². The van der Waals surface area contributed by atoms with Crippen molar-refractivity contribution in [3.05, 3.63) is 35.7 Å². The zero-order chi connectivity index (χ0) is 26.3. The van der Waals surface area contributed by atoms with Gasteiger partial charge < -0.3 is 20.4 Å². The molecule has 2 aromatic heterocycles. The lowest BCUT2D eigenvalue weighted by Crippen LogP contribution is -2.50. The molecule has 0 saturated carbocycles. The number of piperidine rings is 1. The predicted molar refractivity (Wildman–Crippen MR) is 124 cm³/mol. The first-order valence-electron chi connectivity index (χ1n) is 11.1. The van der Waals surface area contributed by atoms with Crippen LogP contribution in [-0.4, -0.2) is 46.3 Å². The van der Waals surface area contributed by atoms with Crippen LogP contribution in [0.15, 0.2) is 24.5 Å². The maximum absolute atomic E-state index is 13.9. The highest BCUT2D eigenvalue weighted by atomic mass is 19.4. The molecule has 4 N–H and O–H groups in total. The lowest BCUT2D eigenvalue weighted by molar-refractivity contribution is -0.137. The van der Waals surface area contributed by atoms with E-state index in [4.69, 9.17) is 0 Å². The van der Waals surface area contributed by atoms with Crippen LogP contribution in [0, 0.1) is 0 Å². The molecular weight excluding hydrogens is 487 g/mol. The summed E-state index contributed by atoms with van der Waals surface area (Å²) in [4.78, 5) is 22.2. The third kappa shape index (κ3) is 5.20. The summed E-state index contributed by atoms with van der Waals surface area (Å²) in [6, 6.07) is 2.42. The van der Waals surface area contributed by atoms with E-state index in [2.05, 4.69) is 49.5 Å². The number of ether oxygens (including phenoxy) is 1. The molecule has 0 bridgehead atoms. The van der Waals surface area contributed by atoms with Gasteiger partial charge in [0, 0.05) is 41.5 Å². The van der Waals surface area contributed by atoms with Crippen LogP contribution in [0.5, 0.6) is 0 Å². The van der Waals surface area contributed by atoms with Crippen LogP contribution in [0.3, 0.4) is 0 Å². The molecule has 4 rings (SSSR count). The van der Waals surface area contributed by atoms with Crippen molar-refractivity contribution in [3.8, 4) is 11.3 Å². The van der Waals surface area contributed by atoms with E-state index >= 15 is 0 Å². The Labute approximate surface area is 203 Å². The first-order chi connectivity index (χ1) is 16.9. The minimum Gasteiger partial charge on any atom is -0.453 e. The Bertz CT molecular complexity index is 1260. The molecule has 0 aliphatic carbocycles. The highest BCUT2D eigenvalue weighted by Gasteiger charge is 2.37. The van der Waals surface area contributed by atoms with Crippen LogP contribution in [0.25, 0.3) is 22.2 Å². The lowest BCUT2D eigenvalue weighted by atomic mass is 9.91. The fourth-order valence-corrected chi connectivity index (χ4v) is 4.21. The van der Waals surface area contributed by atoms with Crippen LogP contribution in [0.1, 0.15) is 44.2 Å². The average molecular weight is 512 g/mol. The van der Waals surface area contributed by atoms with Crippen molar-refractivity contribution in [2.75, 3.05) is 24.3 Å². The number of carbonyl (C=O) groups excluding carboxylic acids is 1. The van der Waals surface area contributed by atoms with E-state index in [0.717, 1.165) is 20.0 Å². The minimum absolute atomic E-state index is 0.00285. The Morgan fingerprint density at radius 1 is 1.28 bits per heavy atom. The number of methoxy groups -OCH3 is 1. The maximum Gasteiger partial charge on any atom is 0.419 e. The topological polar surface area (TPSA) is 104 Å². The van der Waals surface area contributed by atoms with Crippen LogP contribution >= 0.6 is 0 Å². The number of halogens is 5. The summed E-state index contributed by atoms with van der Waals surface area (Å²) in [5.74, 6) is -0.00285. The lowest BCUT2D eigenvalue weighted by Gasteiger charge is -2.36. The second-order valence-corrected chi connectivity index (χ2v) is 9.17. The number of aromatic nitrogens is 3. The largest absolute Gasteiger partial charge is 0.453 e. The van der Waals surface area contributed by atoms with E-state index in [9.17, 15) is 26.7 Å². The number of hydrogen-bond acceptors (Lipinski definition) is 6. The summed E-state index contributed by atoms with van der Waals surface area (Å²) in [6.45, 7) is 4.70. The fourth-order valence-electron chi connectivity index (χ4n) is 4.21. The number of nitrogens with zero attached hydrogens (tertiary/aromatic N) is 2. The van der Waals surface area contributed by atoms with Crippen molar-refractivity contribution < 1.29 is 31.5 Å². The Kier molecular flexibility index (Phi) is 6.78. The molecule has 1 aliphatic rings. The number of alkyl halides is 5. The number of nitrogens with one attached hydrogen (secondary N) is 4. The number of benzene rings is 1. The fraction of sp³-hybridized carbons (Fsp3) is 0.435. The van der Waals surface area contributed by atoms with E-state index in [1.165, 1.54) is 18.3 Å². The molecule has 8 nitrogen and oxygen atoms in total. The third-order valence-electron chi connectivity index (χ3n) is 6.16. The van der Waals surface area contributed by atoms with Gasteiger partial charge >= 0.3 is 12.3 Å². The van der Waals surface area contributed by atoms with Crippen molar-refractivity contribution in [2.45, 2.75) is 50.9 Å². The zero-order valence-electron chi connectivity index (χ0n) is 19.7. The van der Waals surface area contributed by atoms with Gasteiger partial charge in [-0.3, -0.25) is 5.32 Å². The molecule has 36 heavy (non-hydrogen) atoms. The summed E-state index contributed by atoms with van der Waals surface area (Å²) < 4.78 is 73.9. The summed E-state index contributed by atoms with van der Waals surface area (Å²) in [5, 5.41) is 8.70. The Morgan fingerprint density at radius 2 is 2.03 bits per heavy atom. The van der Waals surface area contributed by atoms with Crippen molar-refractivity contribution >= 4 is 28.6 Å². The van der Waals surface area contributed by atoms with Gasteiger partial charge in [-0.15, -0.1) is 0 Å². The van der Waals surface area contributed by atoms with Gasteiger partial charge in [0.2, 0.25) is 5.95 Å². The SMILES string of the molecule is COC(=O)Nc1ccc2c(-c3nc(N[C@H]4CCC(C)(C)NC4)ncc3C(F)(F)F)c[nH]c2c1C(F)F. The molecule has 1 amide bonds. The zero-order valence-corrected chi connectivity index (χ0v) is 19.7. The number of rotatable bonds is 5. The van der Waals surface area contributed by atoms with Gasteiger partial charge in [0.25, 0.3) is 6.43 Å². The minimum atomic E-state index is -4.79. The number of carbonyl (C=O) groups is 1. The molecule has 0 spiro atoms. The number of amides is 1. The standard InChI is InChI=1S/C23H25F5N6O2/c1-22(2)7-6-11(8-31-22)32-20-30-10-14(23(26,27)28)17(34-20)13-9-29-18-12(13)4-5-15(16(18)19(24)25)33-21(35)36-3/h4-5,9-11,19,29,31H,6-8H2,1-3H3,(H,33,35)(H,30,32,34)/t11-/m0/s1. The smallest absolute Gasteiger partial charge is 0.419 e. The Morgan fingerprint density at radius 3 is 2.64 bits per heavy atom. The van der Waals surface area contributed by atoms with E-state index in [1.807, 2.05) is 0 Å². The van der Waals surface area contributed by atoms with E-state index < -0.39 is 35.5 Å². The average Bonchev–Trinajstić information content (AvgIpc) is 3.23. The molecule has 1 aliphatic heterocycles. The van der Waals surface area contributed by atoms with Gasteiger partial charge in [0.15, 0.2) is 0 Å². The molecule has 3 heterocycles. The number of anilines is 2. The van der Waals surface area contributed by atoms with Gasteiger partial charge in [-0.25, -0.2) is 23.5 Å². The summed E-state index contributed by atoms with van der Waals surface area (Å²) in [5.41, 5.74) is -2.58. The van der Waals surface area contributed by atoms with Crippen molar-refractivity contribution in [1.29, 1.82) is 0 Å². The number of aromatic amines is 1. The Balaban J connectivity index is 1.78. The molecule has 0 unspecified atom stereocenters. The van der Waals surface area contributed by atoms with Gasteiger partial charge in [-0.1, -0.05) is 6.07 Å². The van der Waals surface area contributed by atoms with Crippen LogP contribution < -0.4 is 16.0 Å². The van der Waals surface area contributed by atoms with Crippen molar-refractivity contribution in [1.82, 2.24) is 20.3 Å². The highest BCUT2D eigenvalue weighted by Crippen LogP contribution is 2.42. The van der Waals surface area contributed by atoms with Gasteiger partial charge in [-0.05, 0) is 32.8 Å². The number of hydrogen-bond donors (Lipinski definition) is 4. The van der Waals surface area contributed by atoms with Crippen molar-refractivity contribution in [3.63, 3.8) is 0 Å². The summed E-state index contributed by atoms with van der Waals surface area (Å²) >= 11 is 0. The number of H-pyrrole nitrogens is 1. The predicted octanol–water partition coefficient (Wildman–Crippen LogP) is 5.70. The maximum atomic E-state index is 13.9. The molecule has 0 radical (unpaired) electrons. The first kappa shape index (κ1) is 25.6. The first-order valence-corrected chi connectivity index (χ1v) is 11.1. The second kappa shape index (κ2) is 9.52. The molecule has 194 valence electrons. The van der Waals surface area contributed by atoms with Gasteiger partial charge in [0.1, 0.15) is 5.56 Å².